The van der Waals surface area contributed by atoms with E-state index in [2.05, 4.69) is 48.3 Å². The zero-order valence-electron chi connectivity index (χ0n) is 15.2. The third kappa shape index (κ3) is 5.15. The number of aliphatic hydroxyl groups is 1. The van der Waals surface area contributed by atoms with Crippen LogP contribution >= 0.6 is 0 Å². The molecule has 1 fully saturated rings. The van der Waals surface area contributed by atoms with Crippen molar-refractivity contribution in [1.82, 2.24) is 4.90 Å². The molecule has 0 amide bonds. The van der Waals surface area contributed by atoms with Crippen molar-refractivity contribution in [2.24, 2.45) is 0 Å². The van der Waals surface area contributed by atoms with Crippen LogP contribution in [0.4, 0.5) is 0 Å². The lowest BCUT2D eigenvalue weighted by Crippen LogP contribution is -2.50. The Morgan fingerprint density at radius 2 is 2.00 bits per heavy atom. The molecule has 0 radical (unpaired) electrons. The van der Waals surface area contributed by atoms with Gasteiger partial charge in [-0.25, -0.2) is 0 Å². The molecule has 1 aliphatic rings. The van der Waals surface area contributed by atoms with Gasteiger partial charge < -0.3 is 14.7 Å². The van der Waals surface area contributed by atoms with Crippen molar-refractivity contribution in [3.63, 3.8) is 0 Å². The average molecular weight is 336 g/mol. The molecule has 4 heteroatoms. The summed E-state index contributed by atoms with van der Waals surface area (Å²) in [5.74, 6) is 0. The van der Waals surface area contributed by atoms with E-state index in [4.69, 9.17) is 4.74 Å². The van der Waals surface area contributed by atoms with Crippen molar-refractivity contribution >= 4 is 8.07 Å². The maximum Gasteiger partial charge on any atom is 0.0705 e. The lowest BCUT2D eigenvalue weighted by atomic mass is 10.1. The predicted molar refractivity (Wildman–Crippen MR) is 99.4 cm³/mol. The first kappa shape index (κ1) is 18.7. The highest BCUT2D eigenvalue weighted by molar-refractivity contribution is 6.79. The molecule has 1 heterocycles. The van der Waals surface area contributed by atoms with Gasteiger partial charge in [-0.1, -0.05) is 43.4 Å². The van der Waals surface area contributed by atoms with E-state index >= 15 is 0 Å². The molecule has 1 aromatic carbocycles. The van der Waals surface area contributed by atoms with Crippen molar-refractivity contribution in [3.8, 4) is 0 Å². The maximum absolute atomic E-state index is 10.0. The molecule has 23 heavy (non-hydrogen) atoms. The van der Waals surface area contributed by atoms with Crippen LogP contribution in [0.15, 0.2) is 30.3 Å². The standard InChI is InChI=1S/C19H33NO2Si/c1-16(21)13-19(17-9-6-5-7-10-17)23(3,4)15-20-12-8-11-18(20)14-22-2/h5-7,9-10,16,18-19,21H,8,11-15H2,1-4H3/t16-,18+,19+/m1/s1. The van der Waals surface area contributed by atoms with Crippen molar-refractivity contribution in [3.05, 3.63) is 35.9 Å². The molecular formula is C19H33NO2Si. The van der Waals surface area contributed by atoms with Crippen LogP contribution in [-0.2, 0) is 4.74 Å². The predicted octanol–water partition coefficient (Wildman–Crippen LogP) is 3.44. The van der Waals surface area contributed by atoms with Crippen LogP contribution in [-0.4, -0.2) is 56.7 Å². The van der Waals surface area contributed by atoms with Crippen LogP contribution in [0, 0.1) is 0 Å². The van der Waals surface area contributed by atoms with Crippen LogP contribution in [0.25, 0.3) is 0 Å². The van der Waals surface area contributed by atoms with Gasteiger partial charge >= 0.3 is 0 Å². The SMILES string of the molecule is COC[C@@H]1CCCN1C[Si](C)(C)[C@@H](C[C@@H](C)O)c1ccccc1. The Labute approximate surface area is 142 Å². The van der Waals surface area contributed by atoms with Crippen LogP contribution in [0.2, 0.25) is 13.1 Å². The summed E-state index contributed by atoms with van der Waals surface area (Å²) in [6.45, 7) is 8.92. The fourth-order valence-corrected chi connectivity index (χ4v) is 7.81. The van der Waals surface area contributed by atoms with Crippen molar-refractivity contribution in [1.29, 1.82) is 0 Å². The number of hydrogen-bond acceptors (Lipinski definition) is 3. The highest BCUT2D eigenvalue weighted by Gasteiger charge is 2.38. The molecule has 1 N–H and O–H groups in total. The van der Waals surface area contributed by atoms with Gasteiger partial charge in [0.15, 0.2) is 0 Å². The third-order valence-corrected chi connectivity index (χ3v) is 8.87. The smallest absolute Gasteiger partial charge is 0.0705 e. The third-order valence-electron chi connectivity index (χ3n) is 5.19. The minimum absolute atomic E-state index is 0.250. The van der Waals surface area contributed by atoms with Crippen LogP contribution in [0.3, 0.4) is 0 Å². The highest BCUT2D eigenvalue weighted by atomic mass is 28.3. The van der Waals surface area contributed by atoms with E-state index < -0.39 is 8.07 Å². The van der Waals surface area contributed by atoms with E-state index in [9.17, 15) is 5.11 Å². The molecule has 2 rings (SSSR count). The quantitative estimate of drug-likeness (QED) is 0.739. The Morgan fingerprint density at radius 1 is 1.30 bits per heavy atom. The molecule has 0 bridgehead atoms. The molecule has 1 aromatic rings. The van der Waals surface area contributed by atoms with E-state index in [1.54, 1.807) is 7.11 Å². The molecule has 130 valence electrons. The molecule has 1 saturated heterocycles. The van der Waals surface area contributed by atoms with Gasteiger partial charge in [-0.15, -0.1) is 0 Å². The molecule has 1 aliphatic heterocycles. The molecule has 3 nitrogen and oxygen atoms in total. The summed E-state index contributed by atoms with van der Waals surface area (Å²) in [6.07, 6.45) is 4.34. The number of benzene rings is 1. The largest absolute Gasteiger partial charge is 0.393 e. The number of aliphatic hydroxyl groups excluding tert-OH is 1. The van der Waals surface area contributed by atoms with Gasteiger partial charge in [0.05, 0.1) is 20.8 Å². The average Bonchev–Trinajstić information content (AvgIpc) is 2.92. The van der Waals surface area contributed by atoms with Gasteiger partial charge in [0, 0.05) is 13.2 Å². The van der Waals surface area contributed by atoms with Crippen LogP contribution in [0.1, 0.15) is 37.3 Å². The monoisotopic (exact) mass is 335 g/mol. The van der Waals surface area contributed by atoms with Gasteiger partial charge in [-0.2, -0.15) is 0 Å². The number of methoxy groups -OCH3 is 1. The summed E-state index contributed by atoms with van der Waals surface area (Å²) < 4.78 is 5.41. The zero-order valence-corrected chi connectivity index (χ0v) is 16.2. The molecule has 0 aliphatic carbocycles. The second-order valence-electron chi connectivity index (χ2n) is 7.76. The van der Waals surface area contributed by atoms with Gasteiger partial charge in [0.1, 0.15) is 0 Å². The van der Waals surface area contributed by atoms with E-state index in [1.165, 1.54) is 31.1 Å². The molecule has 0 spiro atoms. The van der Waals surface area contributed by atoms with Gasteiger partial charge in [-0.3, -0.25) is 0 Å². The van der Waals surface area contributed by atoms with Crippen molar-refractivity contribution < 1.29 is 9.84 Å². The minimum Gasteiger partial charge on any atom is -0.393 e. The Kier molecular flexibility index (Phi) is 6.83. The first-order valence-corrected chi connectivity index (χ1v) is 12.2. The zero-order chi connectivity index (χ0) is 16.9. The number of likely N-dealkylation sites (tertiary alicyclic amines) is 1. The summed E-state index contributed by atoms with van der Waals surface area (Å²) >= 11 is 0. The van der Waals surface area contributed by atoms with E-state index in [-0.39, 0.29) is 6.10 Å². The molecule has 3 atom stereocenters. The number of nitrogens with zero attached hydrogens (tertiary/aromatic N) is 1. The number of ether oxygens (including phenoxy) is 1. The highest BCUT2D eigenvalue weighted by Crippen LogP contribution is 2.33. The first-order valence-electron chi connectivity index (χ1n) is 8.90. The Hall–Kier alpha value is -0.683. The van der Waals surface area contributed by atoms with Crippen molar-refractivity contribution in [2.45, 2.75) is 57.0 Å². The molecular weight excluding hydrogens is 302 g/mol. The summed E-state index contributed by atoms with van der Waals surface area (Å²) in [7, 11) is 0.243. The summed E-state index contributed by atoms with van der Waals surface area (Å²) in [5, 5.41) is 10.0. The fraction of sp³-hybridized carbons (Fsp3) is 0.684. The first-order chi connectivity index (χ1) is 10.9. The second kappa shape index (κ2) is 8.43. The molecule has 0 unspecified atom stereocenters. The summed E-state index contributed by atoms with van der Waals surface area (Å²) in [6, 6.07) is 11.4. The molecule has 0 aromatic heterocycles. The van der Waals surface area contributed by atoms with Crippen molar-refractivity contribution in [2.75, 3.05) is 26.4 Å². The number of rotatable bonds is 8. The van der Waals surface area contributed by atoms with Gasteiger partial charge in [0.25, 0.3) is 0 Å². The van der Waals surface area contributed by atoms with E-state index in [0.29, 0.717) is 11.6 Å². The molecule has 0 saturated carbocycles. The number of hydrogen-bond donors (Lipinski definition) is 1. The minimum atomic E-state index is -1.56. The lowest BCUT2D eigenvalue weighted by Gasteiger charge is -2.39. The van der Waals surface area contributed by atoms with Gasteiger partial charge in [-0.05, 0) is 50.0 Å². The topological polar surface area (TPSA) is 32.7 Å². The van der Waals surface area contributed by atoms with Gasteiger partial charge in [0.2, 0.25) is 0 Å². The Balaban J connectivity index is 2.15. The summed E-state index contributed by atoms with van der Waals surface area (Å²) in [5.41, 5.74) is 1.89. The fourth-order valence-electron chi connectivity index (χ4n) is 4.05. The van der Waals surface area contributed by atoms with Crippen LogP contribution in [0.5, 0.6) is 0 Å². The maximum atomic E-state index is 10.0. The summed E-state index contributed by atoms with van der Waals surface area (Å²) in [4.78, 5) is 2.65. The normalized spacial score (nSPS) is 22.2. The van der Waals surface area contributed by atoms with Crippen LogP contribution < -0.4 is 0 Å². The second-order valence-corrected chi connectivity index (χ2v) is 12.7. The Morgan fingerprint density at radius 3 is 2.61 bits per heavy atom. The Bertz CT molecular complexity index is 464. The lowest BCUT2D eigenvalue weighted by molar-refractivity contribution is 0.124. The van der Waals surface area contributed by atoms with E-state index in [1.807, 2.05) is 6.92 Å². The van der Waals surface area contributed by atoms with E-state index in [0.717, 1.165) is 13.0 Å².